The second-order valence-corrected chi connectivity index (χ2v) is 4.50. The Morgan fingerprint density at radius 3 is 2.14 bits per heavy atom. The van der Waals surface area contributed by atoms with Crippen molar-refractivity contribution in [2.75, 3.05) is 0 Å². The largest absolute Gasteiger partial charge is 0.0651 e. The monoisotopic (exact) mass is 190 g/mol. The lowest BCUT2D eigenvalue weighted by Crippen LogP contribution is -2.02. The summed E-state index contributed by atoms with van der Waals surface area (Å²) in [6.07, 6.45) is 2.46. The maximum atomic E-state index is 2.29. The summed E-state index contributed by atoms with van der Waals surface area (Å²) in [6, 6.07) is 4.51. The van der Waals surface area contributed by atoms with E-state index in [9.17, 15) is 0 Å². The molecule has 0 amide bonds. The van der Waals surface area contributed by atoms with Gasteiger partial charge in [-0.15, -0.1) is 0 Å². The highest BCUT2D eigenvalue weighted by Gasteiger charge is 2.10. The Kier molecular flexibility index (Phi) is 3.74. The molecule has 78 valence electrons. The zero-order chi connectivity index (χ0) is 10.7. The minimum absolute atomic E-state index is 0.649. The maximum Gasteiger partial charge on any atom is -0.0213 e. The van der Waals surface area contributed by atoms with Crippen LogP contribution in [0.2, 0.25) is 0 Å². The molecule has 0 atom stereocenters. The molecule has 0 heteroatoms. The number of benzene rings is 1. The van der Waals surface area contributed by atoms with E-state index < -0.39 is 0 Å². The van der Waals surface area contributed by atoms with Crippen LogP contribution in [0.15, 0.2) is 12.1 Å². The first-order valence-corrected chi connectivity index (χ1v) is 5.66. The first-order chi connectivity index (χ1) is 6.57. The summed E-state index contributed by atoms with van der Waals surface area (Å²) in [7, 11) is 0. The molecule has 0 nitrogen and oxygen atoms in total. The van der Waals surface area contributed by atoms with Gasteiger partial charge < -0.3 is 0 Å². The molecule has 0 aromatic heterocycles. The van der Waals surface area contributed by atoms with Gasteiger partial charge in [-0.3, -0.25) is 0 Å². The highest BCUT2D eigenvalue weighted by Crippen LogP contribution is 2.27. The van der Waals surface area contributed by atoms with Crippen LogP contribution in [-0.4, -0.2) is 0 Å². The summed E-state index contributed by atoms with van der Waals surface area (Å²) in [5.41, 5.74) is 6.07. The molecule has 1 aromatic carbocycles. The summed E-state index contributed by atoms with van der Waals surface area (Å²) in [6.45, 7) is 11.3. The molecule has 0 bridgehead atoms. The summed E-state index contributed by atoms with van der Waals surface area (Å²) in [4.78, 5) is 0. The standard InChI is InChI=1S/C14H22/c1-6-7-13-11(4)8-9-12(5)14(13)10(2)3/h8-10H,6-7H2,1-5H3. The molecule has 0 aliphatic carbocycles. The highest BCUT2D eigenvalue weighted by atomic mass is 14.2. The molecule has 1 rings (SSSR count). The molecular formula is C14H22. The summed E-state index contributed by atoms with van der Waals surface area (Å²) >= 11 is 0. The average Bonchev–Trinajstić information content (AvgIpc) is 2.11. The number of hydrogen-bond acceptors (Lipinski definition) is 0. The lowest BCUT2D eigenvalue weighted by molar-refractivity contribution is 0.807. The van der Waals surface area contributed by atoms with Crippen LogP contribution in [0.5, 0.6) is 0 Å². The van der Waals surface area contributed by atoms with Gasteiger partial charge in [-0.25, -0.2) is 0 Å². The first kappa shape index (κ1) is 11.3. The summed E-state index contributed by atoms with van der Waals surface area (Å²) in [5.74, 6) is 0.649. The minimum Gasteiger partial charge on any atom is -0.0651 e. The lowest BCUT2D eigenvalue weighted by atomic mass is 9.88. The Morgan fingerprint density at radius 1 is 1.07 bits per heavy atom. The molecule has 0 N–H and O–H groups in total. The zero-order valence-corrected chi connectivity index (χ0v) is 10.1. The van der Waals surface area contributed by atoms with E-state index in [4.69, 9.17) is 0 Å². The van der Waals surface area contributed by atoms with E-state index >= 15 is 0 Å². The van der Waals surface area contributed by atoms with Gasteiger partial charge in [0.25, 0.3) is 0 Å². The van der Waals surface area contributed by atoms with E-state index in [-0.39, 0.29) is 0 Å². The smallest absolute Gasteiger partial charge is 0.0213 e. The van der Waals surface area contributed by atoms with Gasteiger partial charge in [0.15, 0.2) is 0 Å². The molecule has 0 fully saturated rings. The third-order valence-electron chi connectivity index (χ3n) is 2.89. The molecule has 0 aliphatic heterocycles. The molecule has 0 aliphatic rings. The van der Waals surface area contributed by atoms with E-state index in [1.165, 1.54) is 24.0 Å². The molecule has 0 saturated carbocycles. The lowest BCUT2D eigenvalue weighted by Gasteiger charge is -2.18. The van der Waals surface area contributed by atoms with E-state index in [0.29, 0.717) is 5.92 Å². The quantitative estimate of drug-likeness (QED) is 0.663. The van der Waals surface area contributed by atoms with Crippen molar-refractivity contribution >= 4 is 0 Å². The predicted octanol–water partition coefficient (Wildman–Crippen LogP) is 4.38. The third-order valence-corrected chi connectivity index (χ3v) is 2.89. The van der Waals surface area contributed by atoms with Crippen molar-refractivity contribution in [3.05, 3.63) is 34.4 Å². The van der Waals surface area contributed by atoms with Crippen molar-refractivity contribution in [1.82, 2.24) is 0 Å². The Hall–Kier alpha value is -0.780. The number of rotatable bonds is 3. The Labute approximate surface area is 88.4 Å². The SMILES string of the molecule is CCCc1c(C)ccc(C)c1C(C)C. The summed E-state index contributed by atoms with van der Waals surface area (Å²) in [5, 5.41) is 0. The molecule has 0 radical (unpaired) electrons. The van der Waals surface area contributed by atoms with Crippen molar-refractivity contribution in [3.8, 4) is 0 Å². The van der Waals surface area contributed by atoms with Crippen LogP contribution in [0.25, 0.3) is 0 Å². The van der Waals surface area contributed by atoms with Crippen LogP contribution in [0.1, 0.15) is 55.4 Å². The average molecular weight is 190 g/mol. The minimum atomic E-state index is 0.649. The van der Waals surface area contributed by atoms with E-state index in [1.807, 2.05) is 0 Å². The van der Waals surface area contributed by atoms with Crippen molar-refractivity contribution in [2.45, 2.75) is 53.4 Å². The zero-order valence-electron chi connectivity index (χ0n) is 10.1. The number of hydrogen-bond donors (Lipinski definition) is 0. The van der Waals surface area contributed by atoms with E-state index in [1.54, 1.807) is 11.1 Å². The van der Waals surface area contributed by atoms with E-state index in [0.717, 1.165) is 0 Å². The summed E-state index contributed by atoms with van der Waals surface area (Å²) < 4.78 is 0. The fourth-order valence-corrected chi connectivity index (χ4v) is 2.28. The molecule has 0 unspecified atom stereocenters. The molecule has 0 saturated heterocycles. The van der Waals surface area contributed by atoms with Gasteiger partial charge in [0.2, 0.25) is 0 Å². The van der Waals surface area contributed by atoms with Crippen LogP contribution in [-0.2, 0) is 6.42 Å². The van der Waals surface area contributed by atoms with Gasteiger partial charge in [-0.05, 0) is 48.4 Å². The molecule has 0 heterocycles. The first-order valence-electron chi connectivity index (χ1n) is 5.66. The van der Waals surface area contributed by atoms with Crippen LogP contribution in [0.4, 0.5) is 0 Å². The topological polar surface area (TPSA) is 0 Å². The van der Waals surface area contributed by atoms with Gasteiger partial charge >= 0.3 is 0 Å². The Balaban J connectivity index is 3.26. The van der Waals surface area contributed by atoms with Crippen molar-refractivity contribution in [2.24, 2.45) is 0 Å². The normalized spacial score (nSPS) is 11.0. The molecule has 0 spiro atoms. The Bertz CT molecular complexity index is 308. The second kappa shape index (κ2) is 4.63. The molecular weight excluding hydrogens is 168 g/mol. The van der Waals surface area contributed by atoms with Gasteiger partial charge in [0.1, 0.15) is 0 Å². The Morgan fingerprint density at radius 2 is 1.64 bits per heavy atom. The fourth-order valence-electron chi connectivity index (χ4n) is 2.28. The van der Waals surface area contributed by atoms with Crippen molar-refractivity contribution in [1.29, 1.82) is 0 Å². The van der Waals surface area contributed by atoms with Gasteiger partial charge in [0, 0.05) is 0 Å². The van der Waals surface area contributed by atoms with Gasteiger partial charge in [-0.2, -0.15) is 0 Å². The van der Waals surface area contributed by atoms with Crippen molar-refractivity contribution < 1.29 is 0 Å². The van der Waals surface area contributed by atoms with Crippen LogP contribution < -0.4 is 0 Å². The second-order valence-electron chi connectivity index (χ2n) is 4.50. The van der Waals surface area contributed by atoms with Crippen LogP contribution >= 0.6 is 0 Å². The molecule has 1 aromatic rings. The van der Waals surface area contributed by atoms with Gasteiger partial charge in [0.05, 0.1) is 0 Å². The maximum absolute atomic E-state index is 2.29. The predicted molar refractivity (Wildman–Crippen MR) is 64.0 cm³/mol. The fraction of sp³-hybridized carbons (Fsp3) is 0.571. The van der Waals surface area contributed by atoms with Crippen molar-refractivity contribution in [3.63, 3.8) is 0 Å². The third kappa shape index (κ3) is 2.17. The number of aryl methyl sites for hydroxylation is 2. The van der Waals surface area contributed by atoms with Crippen LogP contribution in [0.3, 0.4) is 0 Å². The highest BCUT2D eigenvalue weighted by molar-refractivity contribution is 5.42. The van der Waals surface area contributed by atoms with Gasteiger partial charge in [-0.1, -0.05) is 39.3 Å². The van der Waals surface area contributed by atoms with E-state index in [2.05, 4.69) is 46.8 Å². The van der Waals surface area contributed by atoms with Crippen LogP contribution in [0, 0.1) is 13.8 Å². The molecule has 14 heavy (non-hydrogen) atoms.